The van der Waals surface area contributed by atoms with E-state index in [9.17, 15) is 29.1 Å². The SMILES string of the molecule is CCC(C)C(NC(=O)C(N)CC(=O)O)C(=O)NC(C)C(=O)NC(Cc1ccccc1)C(=O)O. The van der Waals surface area contributed by atoms with E-state index in [1.54, 1.807) is 44.2 Å². The first-order valence-electron chi connectivity index (χ1n) is 10.6. The molecule has 1 aromatic rings. The molecule has 1 aromatic carbocycles. The number of nitrogens with two attached hydrogens (primary N) is 1. The highest BCUT2D eigenvalue weighted by molar-refractivity contribution is 5.94. The van der Waals surface area contributed by atoms with Gasteiger partial charge < -0.3 is 31.9 Å². The van der Waals surface area contributed by atoms with Crippen molar-refractivity contribution in [2.24, 2.45) is 11.7 Å². The lowest BCUT2D eigenvalue weighted by atomic mass is 9.97. The molecule has 0 aliphatic heterocycles. The number of carbonyl (C=O) groups excluding carboxylic acids is 3. The zero-order chi connectivity index (χ0) is 25.1. The lowest BCUT2D eigenvalue weighted by Gasteiger charge is -2.26. The molecule has 11 nitrogen and oxygen atoms in total. The van der Waals surface area contributed by atoms with Crippen LogP contribution in [0.2, 0.25) is 0 Å². The van der Waals surface area contributed by atoms with Crippen molar-refractivity contribution in [2.45, 2.75) is 64.2 Å². The molecule has 0 saturated carbocycles. The number of hydrogen-bond donors (Lipinski definition) is 6. The zero-order valence-electron chi connectivity index (χ0n) is 18.9. The van der Waals surface area contributed by atoms with Gasteiger partial charge >= 0.3 is 11.9 Å². The van der Waals surface area contributed by atoms with Gasteiger partial charge in [0.05, 0.1) is 12.5 Å². The molecule has 0 radical (unpaired) electrons. The molecule has 5 unspecified atom stereocenters. The quantitative estimate of drug-likeness (QED) is 0.228. The maximum atomic E-state index is 12.8. The minimum absolute atomic E-state index is 0.0651. The highest BCUT2D eigenvalue weighted by Gasteiger charge is 2.31. The van der Waals surface area contributed by atoms with Crippen LogP contribution in [0.15, 0.2) is 30.3 Å². The molecule has 33 heavy (non-hydrogen) atoms. The van der Waals surface area contributed by atoms with Crippen LogP contribution in [0.25, 0.3) is 0 Å². The van der Waals surface area contributed by atoms with Gasteiger partial charge in [0.2, 0.25) is 17.7 Å². The highest BCUT2D eigenvalue weighted by Crippen LogP contribution is 2.09. The molecule has 0 aromatic heterocycles. The molecule has 0 aliphatic rings. The predicted molar refractivity (Wildman–Crippen MR) is 119 cm³/mol. The van der Waals surface area contributed by atoms with E-state index in [1.165, 1.54) is 6.92 Å². The largest absolute Gasteiger partial charge is 0.481 e. The van der Waals surface area contributed by atoms with E-state index in [0.29, 0.717) is 6.42 Å². The third-order valence-electron chi connectivity index (χ3n) is 5.17. The second kappa shape index (κ2) is 13.2. The van der Waals surface area contributed by atoms with Gasteiger partial charge in [-0.15, -0.1) is 0 Å². The van der Waals surface area contributed by atoms with Gasteiger partial charge in [0.15, 0.2) is 0 Å². The van der Waals surface area contributed by atoms with E-state index in [2.05, 4.69) is 16.0 Å². The lowest BCUT2D eigenvalue weighted by Crippen LogP contribution is -2.58. The number of nitrogens with one attached hydrogen (secondary N) is 3. The molecule has 0 saturated heterocycles. The Labute approximate surface area is 192 Å². The van der Waals surface area contributed by atoms with E-state index < -0.39 is 60.2 Å². The van der Waals surface area contributed by atoms with Crippen molar-refractivity contribution in [1.29, 1.82) is 0 Å². The minimum Gasteiger partial charge on any atom is -0.481 e. The second-order valence-corrected chi connectivity index (χ2v) is 7.90. The maximum Gasteiger partial charge on any atom is 0.326 e. The van der Waals surface area contributed by atoms with E-state index in [-0.39, 0.29) is 12.3 Å². The number of hydrogen-bond acceptors (Lipinski definition) is 6. The van der Waals surface area contributed by atoms with Crippen LogP contribution in [0.5, 0.6) is 0 Å². The molecular formula is C22H32N4O7. The molecule has 1 rings (SSSR count). The number of carbonyl (C=O) groups is 5. The Balaban J connectivity index is 2.80. The fourth-order valence-corrected chi connectivity index (χ4v) is 2.96. The first-order chi connectivity index (χ1) is 15.5. The smallest absolute Gasteiger partial charge is 0.326 e. The van der Waals surface area contributed by atoms with Crippen molar-refractivity contribution < 1.29 is 34.2 Å². The fraction of sp³-hybridized carbons (Fsp3) is 0.500. The van der Waals surface area contributed by atoms with Crippen molar-refractivity contribution in [1.82, 2.24) is 16.0 Å². The van der Waals surface area contributed by atoms with Gasteiger partial charge in [0, 0.05) is 6.42 Å². The standard InChI is InChI=1S/C22H32N4O7/c1-4-12(2)18(26-20(30)15(23)11-17(27)28)21(31)24-13(3)19(29)25-16(22(32)33)10-14-8-6-5-7-9-14/h5-9,12-13,15-16,18H,4,10-11,23H2,1-3H3,(H,24,31)(H,25,29)(H,26,30)(H,27,28)(H,32,33). The van der Waals surface area contributed by atoms with Crippen LogP contribution < -0.4 is 21.7 Å². The monoisotopic (exact) mass is 464 g/mol. The number of carboxylic acids is 2. The molecule has 0 fully saturated rings. The minimum atomic E-state index is -1.34. The third-order valence-corrected chi connectivity index (χ3v) is 5.17. The van der Waals surface area contributed by atoms with E-state index in [4.69, 9.17) is 10.8 Å². The Kier molecular flexibility index (Phi) is 11.0. The summed E-state index contributed by atoms with van der Waals surface area (Å²) in [6, 6.07) is 4.09. The summed E-state index contributed by atoms with van der Waals surface area (Å²) in [4.78, 5) is 59.9. The van der Waals surface area contributed by atoms with Crippen LogP contribution in [-0.4, -0.2) is 64.0 Å². The van der Waals surface area contributed by atoms with E-state index in [0.717, 1.165) is 5.56 Å². The van der Waals surface area contributed by atoms with Crippen LogP contribution in [0.3, 0.4) is 0 Å². The summed E-state index contributed by atoms with van der Waals surface area (Å²) in [6.45, 7) is 4.89. The summed E-state index contributed by atoms with van der Waals surface area (Å²) >= 11 is 0. The number of carboxylic acid groups (broad SMARTS) is 2. The summed E-state index contributed by atoms with van der Waals surface area (Å²) < 4.78 is 0. The summed E-state index contributed by atoms with van der Waals surface area (Å²) in [5.74, 6) is -4.99. The van der Waals surface area contributed by atoms with Crippen LogP contribution in [0.4, 0.5) is 0 Å². The van der Waals surface area contributed by atoms with Gasteiger partial charge in [0.25, 0.3) is 0 Å². The Morgan fingerprint density at radius 3 is 2.03 bits per heavy atom. The molecule has 11 heteroatoms. The lowest BCUT2D eigenvalue weighted by molar-refractivity contribution is -0.142. The number of benzene rings is 1. The molecule has 182 valence electrons. The predicted octanol–water partition coefficient (Wildman–Crippen LogP) is -0.364. The maximum absolute atomic E-state index is 12.8. The zero-order valence-corrected chi connectivity index (χ0v) is 18.9. The number of rotatable bonds is 13. The Hall–Kier alpha value is -3.47. The van der Waals surface area contributed by atoms with Crippen molar-refractivity contribution in [2.75, 3.05) is 0 Å². The third kappa shape index (κ3) is 9.27. The Morgan fingerprint density at radius 1 is 0.909 bits per heavy atom. The van der Waals surface area contributed by atoms with Gasteiger partial charge in [-0.1, -0.05) is 50.6 Å². The topological polar surface area (TPSA) is 188 Å². The summed E-state index contributed by atoms with van der Waals surface area (Å²) in [5.41, 5.74) is 6.28. The molecular weight excluding hydrogens is 432 g/mol. The first kappa shape index (κ1) is 27.6. The molecule has 3 amide bonds. The van der Waals surface area contributed by atoms with E-state index in [1.807, 2.05) is 0 Å². The molecule has 0 aliphatic carbocycles. The van der Waals surface area contributed by atoms with Gasteiger partial charge in [-0.05, 0) is 18.4 Å². The summed E-state index contributed by atoms with van der Waals surface area (Å²) in [6.07, 6.45) is -0.0294. The van der Waals surface area contributed by atoms with Gasteiger partial charge in [-0.2, -0.15) is 0 Å². The fourth-order valence-electron chi connectivity index (χ4n) is 2.96. The second-order valence-electron chi connectivity index (χ2n) is 7.90. The van der Waals surface area contributed by atoms with Crippen LogP contribution >= 0.6 is 0 Å². The van der Waals surface area contributed by atoms with Crippen molar-refractivity contribution >= 4 is 29.7 Å². The number of aliphatic carboxylic acids is 2. The van der Waals surface area contributed by atoms with Crippen molar-refractivity contribution in [3.8, 4) is 0 Å². The number of amides is 3. The molecule has 5 atom stereocenters. The van der Waals surface area contributed by atoms with Crippen molar-refractivity contribution in [3.05, 3.63) is 35.9 Å². The van der Waals surface area contributed by atoms with Gasteiger partial charge in [-0.3, -0.25) is 19.2 Å². The average molecular weight is 465 g/mol. The van der Waals surface area contributed by atoms with Crippen LogP contribution in [0, 0.1) is 5.92 Å². The Morgan fingerprint density at radius 2 is 1.52 bits per heavy atom. The molecule has 0 spiro atoms. The average Bonchev–Trinajstić information content (AvgIpc) is 2.76. The summed E-state index contributed by atoms with van der Waals surface area (Å²) in [5, 5.41) is 25.6. The highest BCUT2D eigenvalue weighted by atomic mass is 16.4. The molecule has 7 N–H and O–H groups in total. The van der Waals surface area contributed by atoms with Gasteiger partial charge in [0.1, 0.15) is 18.1 Å². The first-order valence-corrected chi connectivity index (χ1v) is 10.6. The summed E-state index contributed by atoms with van der Waals surface area (Å²) in [7, 11) is 0. The van der Waals surface area contributed by atoms with Crippen LogP contribution in [-0.2, 0) is 30.4 Å². The molecule has 0 heterocycles. The van der Waals surface area contributed by atoms with E-state index >= 15 is 0 Å². The Bertz CT molecular complexity index is 846. The normalized spacial score (nSPS) is 15.3. The van der Waals surface area contributed by atoms with Gasteiger partial charge in [-0.25, -0.2) is 4.79 Å². The van der Waals surface area contributed by atoms with Crippen molar-refractivity contribution in [3.63, 3.8) is 0 Å². The molecule has 0 bridgehead atoms. The van der Waals surface area contributed by atoms with Crippen LogP contribution in [0.1, 0.15) is 39.2 Å².